The average Bonchev–Trinajstić information content (AvgIpc) is 2.53. The summed E-state index contributed by atoms with van der Waals surface area (Å²) < 4.78 is 10.6. The van der Waals surface area contributed by atoms with Gasteiger partial charge >= 0.3 is 5.97 Å². The Morgan fingerprint density at radius 1 is 1.12 bits per heavy atom. The number of nitrogens with zero attached hydrogens (tertiary/aromatic N) is 1. The number of benzene rings is 1. The molecule has 0 saturated carbocycles. The summed E-state index contributed by atoms with van der Waals surface area (Å²) in [6.07, 6.45) is 1.27. The van der Waals surface area contributed by atoms with E-state index in [1.54, 1.807) is 4.90 Å². The van der Waals surface area contributed by atoms with Gasteiger partial charge in [0.2, 0.25) is 0 Å². The zero-order chi connectivity index (χ0) is 17.5. The predicted octanol–water partition coefficient (Wildman–Crippen LogP) is 2.81. The Hall–Kier alpha value is -2.04. The molecule has 1 aliphatic rings. The van der Waals surface area contributed by atoms with Gasteiger partial charge in [-0.05, 0) is 37.3 Å². The number of carbonyl (C=O) groups is 2. The maximum atomic E-state index is 12.1. The highest BCUT2D eigenvalue weighted by atomic mass is 16.5. The minimum atomic E-state index is -0.409. The Kier molecular flexibility index (Phi) is 6.64. The van der Waals surface area contributed by atoms with Gasteiger partial charge in [-0.25, -0.2) is 0 Å². The van der Waals surface area contributed by atoms with Crippen LogP contribution in [0.3, 0.4) is 0 Å². The van der Waals surface area contributed by atoms with E-state index in [-0.39, 0.29) is 25.5 Å². The lowest BCUT2D eigenvalue weighted by atomic mass is 9.92. The van der Waals surface area contributed by atoms with E-state index in [0.29, 0.717) is 11.8 Å². The number of aryl methyl sites for hydroxylation is 1. The summed E-state index contributed by atoms with van der Waals surface area (Å²) >= 11 is 0. The highest BCUT2D eigenvalue weighted by Crippen LogP contribution is 2.20. The highest BCUT2D eigenvalue weighted by Gasteiger charge is 2.25. The van der Waals surface area contributed by atoms with E-state index in [2.05, 4.69) is 13.8 Å². The Labute approximate surface area is 143 Å². The molecule has 0 radical (unpaired) electrons. The van der Waals surface area contributed by atoms with Crippen molar-refractivity contribution in [1.29, 1.82) is 0 Å². The van der Waals surface area contributed by atoms with Crippen LogP contribution in [0.15, 0.2) is 24.3 Å². The highest BCUT2D eigenvalue weighted by molar-refractivity contribution is 5.80. The number of piperidine rings is 1. The molecule has 1 saturated heterocycles. The Balaban J connectivity index is 1.65. The number of hydrogen-bond donors (Lipinski definition) is 0. The van der Waals surface area contributed by atoms with Crippen LogP contribution in [0.25, 0.3) is 0 Å². The van der Waals surface area contributed by atoms with Gasteiger partial charge in [0.05, 0.1) is 13.0 Å². The summed E-state index contributed by atoms with van der Waals surface area (Å²) in [6.45, 7) is 7.85. The number of carbonyl (C=O) groups excluding carboxylic acids is 2. The van der Waals surface area contributed by atoms with Gasteiger partial charge < -0.3 is 14.4 Å². The molecule has 0 bridgehead atoms. The molecule has 1 heterocycles. The molecule has 1 aromatic rings. The first-order valence-corrected chi connectivity index (χ1v) is 8.57. The van der Waals surface area contributed by atoms with Gasteiger partial charge in [0.15, 0.2) is 6.61 Å². The molecule has 2 rings (SSSR count). The summed E-state index contributed by atoms with van der Waals surface area (Å²) in [5.41, 5.74) is 1.15. The number of esters is 1. The fraction of sp³-hybridized carbons (Fsp3) is 0.579. The molecule has 1 aliphatic heterocycles. The predicted molar refractivity (Wildman–Crippen MR) is 91.8 cm³/mol. The first-order chi connectivity index (χ1) is 11.4. The van der Waals surface area contributed by atoms with Crippen molar-refractivity contribution in [3.8, 4) is 5.75 Å². The van der Waals surface area contributed by atoms with E-state index in [0.717, 1.165) is 30.8 Å². The topological polar surface area (TPSA) is 55.8 Å². The van der Waals surface area contributed by atoms with Crippen LogP contribution in [-0.4, -0.2) is 43.1 Å². The number of ether oxygens (including phenoxy) is 2. The van der Waals surface area contributed by atoms with Gasteiger partial charge in [0, 0.05) is 13.1 Å². The second kappa shape index (κ2) is 8.71. The Morgan fingerprint density at radius 3 is 2.38 bits per heavy atom. The SMILES string of the molecule is Cc1ccc(OCCC(=O)OCC(=O)N2CC(C)CC(C)C2)cc1. The molecular weight excluding hydrogens is 306 g/mol. The van der Waals surface area contributed by atoms with Crippen LogP contribution < -0.4 is 4.74 Å². The zero-order valence-corrected chi connectivity index (χ0v) is 14.8. The second-order valence-electron chi connectivity index (χ2n) is 6.82. The molecule has 5 nitrogen and oxygen atoms in total. The summed E-state index contributed by atoms with van der Waals surface area (Å²) in [7, 11) is 0. The molecular formula is C19H27NO4. The maximum Gasteiger partial charge on any atom is 0.309 e. The molecule has 2 unspecified atom stereocenters. The van der Waals surface area contributed by atoms with Crippen LogP contribution in [0.4, 0.5) is 0 Å². The summed E-state index contributed by atoms with van der Waals surface area (Å²) in [4.78, 5) is 25.7. The third-order valence-electron chi connectivity index (χ3n) is 4.17. The normalized spacial score (nSPS) is 20.5. The van der Waals surface area contributed by atoms with Gasteiger partial charge in [0.25, 0.3) is 5.91 Å². The van der Waals surface area contributed by atoms with Crippen LogP contribution in [0, 0.1) is 18.8 Å². The van der Waals surface area contributed by atoms with Crippen molar-refractivity contribution in [2.75, 3.05) is 26.3 Å². The van der Waals surface area contributed by atoms with E-state index in [1.807, 2.05) is 31.2 Å². The monoisotopic (exact) mass is 333 g/mol. The van der Waals surface area contributed by atoms with E-state index in [9.17, 15) is 9.59 Å². The van der Waals surface area contributed by atoms with E-state index in [1.165, 1.54) is 0 Å². The molecule has 1 fully saturated rings. The molecule has 132 valence electrons. The van der Waals surface area contributed by atoms with Gasteiger partial charge in [0.1, 0.15) is 5.75 Å². The van der Waals surface area contributed by atoms with E-state index in [4.69, 9.17) is 9.47 Å². The summed E-state index contributed by atoms with van der Waals surface area (Å²) in [6, 6.07) is 7.63. The summed E-state index contributed by atoms with van der Waals surface area (Å²) in [5, 5.41) is 0. The Bertz CT molecular complexity index is 545. The fourth-order valence-electron chi connectivity index (χ4n) is 3.06. The Morgan fingerprint density at radius 2 is 1.75 bits per heavy atom. The first kappa shape index (κ1) is 18.3. The number of amides is 1. The summed E-state index contributed by atoms with van der Waals surface area (Å²) in [5.74, 6) is 1.20. The van der Waals surface area contributed by atoms with Crippen molar-refractivity contribution in [2.45, 2.75) is 33.6 Å². The van der Waals surface area contributed by atoms with Crippen molar-refractivity contribution < 1.29 is 19.1 Å². The van der Waals surface area contributed by atoms with E-state index >= 15 is 0 Å². The van der Waals surface area contributed by atoms with Crippen molar-refractivity contribution in [3.63, 3.8) is 0 Å². The average molecular weight is 333 g/mol. The van der Waals surface area contributed by atoms with Crippen LogP contribution >= 0.6 is 0 Å². The number of hydrogen-bond acceptors (Lipinski definition) is 4. The molecule has 5 heteroatoms. The van der Waals surface area contributed by atoms with Crippen LogP contribution in [0.1, 0.15) is 32.3 Å². The van der Waals surface area contributed by atoms with E-state index < -0.39 is 5.97 Å². The molecule has 1 amide bonds. The lowest BCUT2D eigenvalue weighted by molar-refractivity contribution is -0.153. The standard InChI is InChI=1S/C19H27NO4/c1-14-4-6-17(7-5-14)23-9-8-19(22)24-13-18(21)20-11-15(2)10-16(3)12-20/h4-7,15-16H,8-13H2,1-3H3. The minimum absolute atomic E-state index is 0.110. The zero-order valence-electron chi connectivity index (χ0n) is 14.8. The number of rotatable bonds is 6. The maximum absolute atomic E-state index is 12.1. The molecule has 2 atom stereocenters. The van der Waals surface area contributed by atoms with Gasteiger partial charge in [-0.15, -0.1) is 0 Å². The quantitative estimate of drug-likeness (QED) is 0.751. The van der Waals surface area contributed by atoms with Crippen LogP contribution in [0.2, 0.25) is 0 Å². The molecule has 0 N–H and O–H groups in total. The van der Waals surface area contributed by atoms with Crippen molar-refractivity contribution >= 4 is 11.9 Å². The number of likely N-dealkylation sites (tertiary alicyclic amines) is 1. The minimum Gasteiger partial charge on any atom is -0.493 e. The smallest absolute Gasteiger partial charge is 0.309 e. The third-order valence-corrected chi connectivity index (χ3v) is 4.17. The van der Waals surface area contributed by atoms with Crippen molar-refractivity contribution in [2.24, 2.45) is 11.8 Å². The first-order valence-electron chi connectivity index (χ1n) is 8.57. The fourth-order valence-corrected chi connectivity index (χ4v) is 3.06. The van der Waals surface area contributed by atoms with Gasteiger partial charge in [-0.3, -0.25) is 9.59 Å². The molecule has 0 spiro atoms. The van der Waals surface area contributed by atoms with Gasteiger partial charge in [-0.1, -0.05) is 31.5 Å². The molecule has 0 aliphatic carbocycles. The lowest BCUT2D eigenvalue weighted by Gasteiger charge is -2.34. The molecule has 0 aromatic heterocycles. The molecule has 24 heavy (non-hydrogen) atoms. The largest absolute Gasteiger partial charge is 0.493 e. The van der Waals surface area contributed by atoms with Crippen molar-refractivity contribution in [1.82, 2.24) is 4.90 Å². The second-order valence-corrected chi connectivity index (χ2v) is 6.82. The van der Waals surface area contributed by atoms with Crippen molar-refractivity contribution in [3.05, 3.63) is 29.8 Å². The lowest BCUT2D eigenvalue weighted by Crippen LogP contribution is -2.44. The van der Waals surface area contributed by atoms with Gasteiger partial charge in [-0.2, -0.15) is 0 Å². The van der Waals surface area contributed by atoms with Crippen LogP contribution in [-0.2, 0) is 14.3 Å². The third kappa shape index (κ3) is 5.87. The van der Waals surface area contributed by atoms with Crippen LogP contribution in [0.5, 0.6) is 5.75 Å². The molecule has 1 aromatic carbocycles.